The number of aromatic nitrogens is 4. The second-order valence-electron chi connectivity index (χ2n) is 11.9. The molecule has 0 bridgehead atoms. The van der Waals surface area contributed by atoms with Gasteiger partial charge in [-0.05, 0) is 53.5 Å². The van der Waals surface area contributed by atoms with Crippen LogP contribution in [0.1, 0.15) is 11.0 Å². The largest absolute Gasteiger partial charge is 0.456 e. The molecule has 5 nitrogen and oxygen atoms in total. The van der Waals surface area contributed by atoms with Crippen LogP contribution in [0.3, 0.4) is 0 Å². The lowest BCUT2D eigenvalue weighted by Gasteiger charge is -2.16. The number of hydrogen-bond acceptors (Lipinski definition) is 4. The van der Waals surface area contributed by atoms with Crippen LogP contribution >= 0.6 is 0 Å². The molecule has 50 heavy (non-hydrogen) atoms. The van der Waals surface area contributed by atoms with Crippen LogP contribution in [0.5, 0.6) is 0 Å². The highest BCUT2D eigenvalue weighted by Gasteiger charge is 2.20. The minimum absolute atomic E-state index is 0.00564. The summed E-state index contributed by atoms with van der Waals surface area (Å²) in [6.07, 6.45) is 0. The quantitative estimate of drug-likeness (QED) is 0.186. The number of rotatable bonds is 5. The molecule has 0 spiro atoms. The standard InChI is InChI=1S/C45H28N4O/c1-3-13-29(14-4-1)43-46-44(30-15-5-2-6-16-30)48-45(47-43)37-28-31(32-24-26-42-36(27-32)35-19-9-12-22-41(35)50-42)23-25-40(37)49-38-20-10-7-17-33(38)34-18-8-11-21-39(34)49/h1-28H/i7D,8D,10D,11D,17D,18D,20D,21D. The maximum Gasteiger partial charge on any atom is 0.166 e. The Labute approximate surface area is 299 Å². The minimum atomic E-state index is -0.515. The number of para-hydroxylation sites is 3. The number of fused-ring (bicyclic) bond motifs is 6. The number of benzene rings is 7. The van der Waals surface area contributed by atoms with Gasteiger partial charge in [-0.2, -0.15) is 0 Å². The average molecular weight is 649 g/mol. The van der Waals surface area contributed by atoms with Gasteiger partial charge in [-0.25, -0.2) is 15.0 Å². The van der Waals surface area contributed by atoms with E-state index in [1.54, 1.807) is 6.07 Å². The van der Waals surface area contributed by atoms with Crippen molar-refractivity contribution >= 4 is 43.7 Å². The van der Waals surface area contributed by atoms with E-state index in [0.717, 1.165) is 44.2 Å². The second-order valence-corrected chi connectivity index (χ2v) is 11.9. The fourth-order valence-electron chi connectivity index (χ4n) is 6.59. The third-order valence-corrected chi connectivity index (χ3v) is 8.92. The number of nitrogens with zero attached hydrogens (tertiary/aromatic N) is 4. The fourth-order valence-corrected chi connectivity index (χ4v) is 6.59. The maximum atomic E-state index is 9.19. The van der Waals surface area contributed by atoms with Crippen molar-refractivity contribution in [1.82, 2.24) is 19.5 Å². The van der Waals surface area contributed by atoms with Gasteiger partial charge in [0.25, 0.3) is 0 Å². The van der Waals surface area contributed by atoms with E-state index in [0.29, 0.717) is 22.9 Å². The highest BCUT2D eigenvalue weighted by molar-refractivity contribution is 6.10. The van der Waals surface area contributed by atoms with Gasteiger partial charge in [0.2, 0.25) is 0 Å². The zero-order valence-electron chi connectivity index (χ0n) is 34.2. The van der Waals surface area contributed by atoms with Gasteiger partial charge in [0, 0.05) is 38.2 Å². The topological polar surface area (TPSA) is 56.7 Å². The van der Waals surface area contributed by atoms with Crippen LogP contribution in [0.15, 0.2) is 174 Å². The van der Waals surface area contributed by atoms with Crippen LogP contribution in [-0.2, 0) is 0 Å². The number of hydrogen-bond donors (Lipinski definition) is 0. The van der Waals surface area contributed by atoms with Crippen molar-refractivity contribution in [3.8, 4) is 51.0 Å². The molecule has 0 aliphatic carbocycles. The van der Waals surface area contributed by atoms with Gasteiger partial charge < -0.3 is 8.98 Å². The first-order chi connectivity index (χ1) is 28.1. The second kappa shape index (κ2) is 11.4. The molecule has 10 aromatic rings. The third-order valence-electron chi connectivity index (χ3n) is 8.92. The Morgan fingerprint density at radius 2 is 0.980 bits per heavy atom. The monoisotopic (exact) mass is 648 g/mol. The Bertz CT molecular complexity index is 3200. The summed E-state index contributed by atoms with van der Waals surface area (Å²) in [4.78, 5) is 15.0. The summed E-state index contributed by atoms with van der Waals surface area (Å²) in [6.45, 7) is 0. The van der Waals surface area contributed by atoms with E-state index in [1.807, 2.05) is 115 Å². The van der Waals surface area contributed by atoms with E-state index in [4.69, 9.17) is 27.6 Å². The van der Waals surface area contributed by atoms with Crippen molar-refractivity contribution in [1.29, 1.82) is 0 Å². The SMILES string of the molecule is [2H]c1c([2H])c([2H])c2c(c1[2H])c1c([2H])c([2H])c([2H])c([2H])c1n2-c1ccc(-c2ccc3oc4ccccc4c3c2)cc1-c1nc(-c2ccccc2)nc(-c2ccccc2)n1. The smallest absolute Gasteiger partial charge is 0.166 e. The lowest BCUT2D eigenvalue weighted by Crippen LogP contribution is -2.04. The molecule has 5 heteroatoms. The van der Waals surface area contributed by atoms with Gasteiger partial charge >= 0.3 is 0 Å². The van der Waals surface area contributed by atoms with Gasteiger partial charge in [-0.3, -0.25) is 0 Å². The summed E-state index contributed by atoms with van der Waals surface area (Å²) in [5.74, 6) is 1.01. The molecule has 0 unspecified atom stereocenters. The Morgan fingerprint density at radius 1 is 0.440 bits per heavy atom. The molecule has 0 fully saturated rings. The molecule has 3 aromatic heterocycles. The van der Waals surface area contributed by atoms with Crippen molar-refractivity contribution in [3.63, 3.8) is 0 Å². The Balaban J connectivity index is 1.35. The van der Waals surface area contributed by atoms with Gasteiger partial charge in [-0.1, -0.05) is 127 Å². The van der Waals surface area contributed by atoms with Crippen molar-refractivity contribution in [3.05, 3.63) is 170 Å². The lowest BCUT2D eigenvalue weighted by atomic mass is 9.99. The van der Waals surface area contributed by atoms with Crippen LogP contribution in [0, 0.1) is 0 Å². The minimum Gasteiger partial charge on any atom is -0.456 e. The average Bonchev–Trinajstić information content (AvgIpc) is 3.83. The predicted octanol–water partition coefficient (Wildman–Crippen LogP) is 11.5. The molecule has 0 aliphatic heterocycles. The molecule has 0 radical (unpaired) electrons. The molecule has 234 valence electrons. The first-order valence-corrected chi connectivity index (χ1v) is 16.0. The Hall–Kier alpha value is -6.85. The van der Waals surface area contributed by atoms with Crippen molar-refractivity contribution in [2.45, 2.75) is 0 Å². The predicted molar refractivity (Wildman–Crippen MR) is 203 cm³/mol. The van der Waals surface area contributed by atoms with E-state index in [1.165, 1.54) is 4.57 Å². The van der Waals surface area contributed by atoms with E-state index in [-0.39, 0.29) is 27.6 Å². The summed E-state index contributed by atoms with van der Waals surface area (Å²) in [5.41, 5.74) is 5.31. The van der Waals surface area contributed by atoms with Crippen LogP contribution < -0.4 is 0 Å². The molecule has 0 atom stereocenters. The lowest BCUT2D eigenvalue weighted by molar-refractivity contribution is 0.669. The molecule has 0 saturated heterocycles. The van der Waals surface area contributed by atoms with Crippen LogP contribution in [0.25, 0.3) is 94.7 Å². The van der Waals surface area contributed by atoms with Gasteiger partial charge in [0.05, 0.1) is 27.7 Å². The fraction of sp³-hybridized carbons (Fsp3) is 0. The number of furan rings is 1. The van der Waals surface area contributed by atoms with Crippen LogP contribution in [0.4, 0.5) is 0 Å². The third kappa shape index (κ3) is 4.60. The van der Waals surface area contributed by atoms with E-state index >= 15 is 0 Å². The maximum absolute atomic E-state index is 9.19. The molecule has 7 aromatic carbocycles. The summed E-state index contributed by atoms with van der Waals surface area (Å²) in [7, 11) is 0. The summed E-state index contributed by atoms with van der Waals surface area (Å²) >= 11 is 0. The van der Waals surface area contributed by atoms with Crippen LogP contribution in [-0.4, -0.2) is 19.5 Å². The first kappa shape index (κ1) is 21.2. The van der Waals surface area contributed by atoms with Gasteiger partial charge in [0.1, 0.15) is 11.2 Å². The zero-order chi connectivity index (χ0) is 40.0. The molecular weight excluding hydrogens is 613 g/mol. The molecule has 0 aliphatic rings. The van der Waals surface area contributed by atoms with E-state index < -0.39 is 48.3 Å². The van der Waals surface area contributed by atoms with Gasteiger partial charge in [-0.15, -0.1) is 0 Å². The molecule has 3 heterocycles. The molecule has 0 amide bonds. The zero-order valence-corrected chi connectivity index (χ0v) is 26.2. The molecule has 0 saturated carbocycles. The Kier molecular flexibility index (Phi) is 4.83. The molecule has 0 N–H and O–H groups in total. The van der Waals surface area contributed by atoms with Crippen molar-refractivity contribution in [2.24, 2.45) is 0 Å². The summed E-state index contributed by atoms with van der Waals surface area (Å²) in [5, 5.41) is 1.84. The highest BCUT2D eigenvalue weighted by Crippen LogP contribution is 2.39. The normalized spacial score (nSPS) is 13.8. The van der Waals surface area contributed by atoms with E-state index in [2.05, 4.69) is 0 Å². The summed E-state index contributed by atoms with van der Waals surface area (Å²) < 4.78 is 78.5. The van der Waals surface area contributed by atoms with Crippen molar-refractivity contribution in [2.75, 3.05) is 0 Å². The van der Waals surface area contributed by atoms with Gasteiger partial charge in [0.15, 0.2) is 17.5 Å². The first-order valence-electron chi connectivity index (χ1n) is 20.0. The molecule has 10 rings (SSSR count). The molecular formula is C45H28N4O. The van der Waals surface area contributed by atoms with E-state index in [9.17, 15) is 2.74 Å². The summed E-state index contributed by atoms with van der Waals surface area (Å²) in [6, 6.07) is 34.6. The van der Waals surface area contributed by atoms with Crippen LogP contribution in [0.2, 0.25) is 0 Å². The highest BCUT2D eigenvalue weighted by atomic mass is 16.3. The Morgan fingerprint density at radius 3 is 1.66 bits per heavy atom. The van der Waals surface area contributed by atoms with Crippen molar-refractivity contribution < 1.29 is 15.4 Å².